The summed E-state index contributed by atoms with van der Waals surface area (Å²) < 4.78 is 0. The molecule has 0 spiro atoms. The summed E-state index contributed by atoms with van der Waals surface area (Å²) in [5.41, 5.74) is 4.31. The van der Waals surface area contributed by atoms with E-state index in [-0.39, 0.29) is 5.78 Å². The highest BCUT2D eigenvalue weighted by molar-refractivity contribution is 5.94. The van der Waals surface area contributed by atoms with Crippen LogP contribution >= 0.6 is 0 Å². The second-order valence-corrected chi connectivity index (χ2v) is 8.52. The third kappa shape index (κ3) is 3.73. The summed E-state index contributed by atoms with van der Waals surface area (Å²) >= 11 is 0. The summed E-state index contributed by atoms with van der Waals surface area (Å²) in [5.74, 6) is 1.01. The fraction of sp³-hybridized carbons (Fsp3) is 0.522. The number of hydrogen-bond acceptors (Lipinski definition) is 6. The van der Waals surface area contributed by atoms with Crippen molar-refractivity contribution in [3.8, 4) is 0 Å². The second kappa shape index (κ2) is 7.75. The van der Waals surface area contributed by atoms with Crippen LogP contribution in [0.25, 0.3) is 0 Å². The molecule has 1 aliphatic carbocycles. The van der Waals surface area contributed by atoms with Gasteiger partial charge in [0.2, 0.25) is 5.95 Å². The third-order valence-corrected chi connectivity index (χ3v) is 6.75. The van der Waals surface area contributed by atoms with Crippen molar-refractivity contribution in [1.82, 2.24) is 14.9 Å². The Morgan fingerprint density at radius 1 is 1.00 bits per heavy atom. The molecular weight excluding hydrogens is 362 g/mol. The van der Waals surface area contributed by atoms with Gasteiger partial charge in [-0.2, -0.15) is 0 Å². The molecule has 0 bridgehead atoms. The van der Waals surface area contributed by atoms with Gasteiger partial charge in [-0.25, -0.2) is 9.97 Å². The zero-order valence-corrected chi connectivity index (χ0v) is 17.2. The van der Waals surface area contributed by atoms with Crippen LogP contribution in [0, 0.1) is 0 Å². The predicted molar refractivity (Wildman–Crippen MR) is 115 cm³/mol. The molecule has 0 amide bonds. The number of nitrogens with zero attached hydrogens (tertiary/aromatic N) is 5. The quantitative estimate of drug-likeness (QED) is 0.747. The van der Waals surface area contributed by atoms with E-state index in [9.17, 15) is 4.79 Å². The van der Waals surface area contributed by atoms with Gasteiger partial charge in [-0.15, -0.1) is 0 Å². The molecule has 6 nitrogen and oxygen atoms in total. The van der Waals surface area contributed by atoms with Gasteiger partial charge in [0.1, 0.15) is 0 Å². The predicted octanol–water partition coefficient (Wildman–Crippen LogP) is 2.92. The van der Waals surface area contributed by atoms with Gasteiger partial charge in [-0.1, -0.05) is 6.42 Å². The number of fused-ring (bicyclic) bond motifs is 1. The fourth-order valence-electron chi connectivity index (χ4n) is 4.62. The number of carbonyl (C=O) groups excluding carboxylic acids is 1. The Morgan fingerprint density at radius 2 is 1.76 bits per heavy atom. The molecule has 2 aromatic rings. The number of hydrogen-bond donors (Lipinski definition) is 0. The molecule has 3 aliphatic rings. The highest BCUT2D eigenvalue weighted by Crippen LogP contribution is 2.27. The summed E-state index contributed by atoms with van der Waals surface area (Å²) in [5, 5.41) is 0. The van der Waals surface area contributed by atoms with Crippen molar-refractivity contribution in [3.05, 3.63) is 47.3 Å². The molecule has 2 fully saturated rings. The standard InChI is InChI=1S/C23H29N5O/c1-17(29)18-5-7-21(8-6-18)28-10-9-22-19(16-28)15-24-23(25-22)27-13-11-26(12-14-27)20-3-2-4-20/h5-8,15,20H,2-4,9-14,16H2,1H3. The van der Waals surface area contributed by atoms with E-state index < -0.39 is 0 Å². The van der Waals surface area contributed by atoms with Crippen molar-refractivity contribution in [2.24, 2.45) is 0 Å². The van der Waals surface area contributed by atoms with Crippen molar-refractivity contribution in [3.63, 3.8) is 0 Å². The van der Waals surface area contributed by atoms with E-state index in [1.54, 1.807) is 6.92 Å². The van der Waals surface area contributed by atoms with E-state index in [0.717, 1.165) is 68.9 Å². The third-order valence-electron chi connectivity index (χ3n) is 6.75. The summed E-state index contributed by atoms with van der Waals surface area (Å²) in [6.45, 7) is 7.70. The monoisotopic (exact) mass is 391 g/mol. The van der Waals surface area contributed by atoms with E-state index >= 15 is 0 Å². The van der Waals surface area contributed by atoms with E-state index in [4.69, 9.17) is 9.97 Å². The zero-order chi connectivity index (χ0) is 19.8. The Balaban J connectivity index is 1.24. The van der Waals surface area contributed by atoms with Crippen LogP contribution in [0.15, 0.2) is 30.5 Å². The number of Topliss-reactive ketones (excluding diaryl/α,β-unsaturated/α-hetero) is 1. The first-order valence-corrected chi connectivity index (χ1v) is 10.9. The van der Waals surface area contributed by atoms with Crippen LogP contribution < -0.4 is 9.80 Å². The number of benzene rings is 1. The molecule has 2 aliphatic heterocycles. The highest BCUT2D eigenvalue weighted by atomic mass is 16.1. The Kier molecular flexibility index (Phi) is 4.96. The minimum Gasteiger partial charge on any atom is -0.367 e. The lowest BCUT2D eigenvalue weighted by Gasteiger charge is -2.43. The Hall–Kier alpha value is -2.47. The second-order valence-electron chi connectivity index (χ2n) is 8.52. The largest absolute Gasteiger partial charge is 0.367 e. The van der Waals surface area contributed by atoms with Crippen LogP contribution in [0.3, 0.4) is 0 Å². The zero-order valence-electron chi connectivity index (χ0n) is 17.2. The SMILES string of the molecule is CC(=O)c1ccc(N2CCc3nc(N4CCN(C5CCC5)CC4)ncc3C2)cc1. The molecule has 3 heterocycles. The molecule has 0 radical (unpaired) electrons. The summed E-state index contributed by atoms with van der Waals surface area (Å²) in [6.07, 6.45) is 7.11. The molecule has 1 saturated carbocycles. The number of carbonyl (C=O) groups is 1. The first-order valence-electron chi connectivity index (χ1n) is 10.9. The average Bonchev–Trinajstić information content (AvgIpc) is 2.72. The van der Waals surface area contributed by atoms with E-state index in [2.05, 4.69) is 14.7 Å². The summed E-state index contributed by atoms with van der Waals surface area (Å²) in [4.78, 5) is 28.5. The number of aromatic nitrogens is 2. The van der Waals surface area contributed by atoms with Crippen molar-refractivity contribution >= 4 is 17.4 Å². The highest BCUT2D eigenvalue weighted by Gasteiger charge is 2.29. The van der Waals surface area contributed by atoms with Crippen LogP contribution in [0.1, 0.15) is 47.8 Å². The number of anilines is 2. The van der Waals surface area contributed by atoms with Crippen molar-refractivity contribution in [1.29, 1.82) is 0 Å². The van der Waals surface area contributed by atoms with Crippen molar-refractivity contribution < 1.29 is 4.79 Å². The molecule has 0 atom stereocenters. The molecule has 5 rings (SSSR count). The minimum atomic E-state index is 0.106. The van der Waals surface area contributed by atoms with Gasteiger partial charge < -0.3 is 9.80 Å². The molecule has 0 N–H and O–H groups in total. The summed E-state index contributed by atoms with van der Waals surface area (Å²) in [6, 6.07) is 8.74. The van der Waals surface area contributed by atoms with Crippen LogP contribution in [0.5, 0.6) is 0 Å². The van der Waals surface area contributed by atoms with Gasteiger partial charge in [-0.3, -0.25) is 9.69 Å². The van der Waals surface area contributed by atoms with Crippen molar-refractivity contribution in [2.45, 2.75) is 45.2 Å². The van der Waals surface area contributed by atoms with E-state index in [1.807, 2.05) is 30.5 Å². The smallest absolute Gasteiger partial charge is 0.225 e. The lowest BCUT2D eigenvalue weighted by molar-refractivity contribution is 0.101. The lowest BCUT2D eigenvalue weighted by Crippen LogP contribution is -2.52. The maximum atomic E-state index is 11.5. The van der Waals surface area contributed by atoms with Gasteiger partial charge in [0.25, 0.3) is 0 Å². The van der Waals surface area contributed by atoms with E-state index in [1.165, 1.54) is 30.5 Å². The van der Waals surface area contributed by atoms with E-state index in [0.29, 0.717) is 0 Å². The van der Waals surface area contributed by atoms with Crippen LogP contribution in [-0.2, 0) is 13.0 Å². The minimum absolute atomic E-state index is 0.106. The number of piperazine rings is 1. The van der Waals surface area contributed by atoms with Crippen molar-refractivity contribution in [2.75, 3.05) is 42.5 Å². The first kappa shape index (κ1) is 18.6. The Morgan fingerprint density at radius 3 is 2.41 bits per heavy atom. The molecule has 6 heteroatoms. The molecule has 1 aromatic heterocycles. The van der Waals surface area contributed by atoms with Gasteiger partial charge in [0.15, 0.2) is 5.78 Å². The number of rotatable bonds is 4. The normalized spacial score (nSPS) is 20.3. The maximum absolute atomic E-state index is 11.5. The lowest BCUT2D eigenvalue weighted by atomic mass is 9.91. The Labute approximate surface area is 172 Å². The maximum Gasteiger partial charge on any atom is 0.225 e. The first-order chi connectivity index (χ1) is 14.2. The molecule has 29 heavy (non-hydrogen) atoms. The summed E-state index contributed by atoms with van der Waals surface area (Å²) in [7, 11) is 0. The topological polar surface area (TPSA) is 52.6 Å². The van der Waals surface area contributed by atoms with Gasteiger partial charge >= 0.3 is 0 Å². The molecule has 1 saturated heterocycles. The van der Waals surface area contributed by atoms with Gasteiger partial charge in [0, 0.05) is 74.7 Å². The van der Waals surface area contributed by atoms with Gasteiger partial charge in [0.05, 0.1) is 5.69 Å². The molecule has 152 valence electrons. The Bertz CT molecular complexity index is 885. The molecule has 0 unspecified atom stereocenters. The van der Waals surface area contributed by atoms with Crippen LogP contribution in [0.2, 0.25) is 0 Å². The van der Waals surface area contributed by atoms with Crippen LogP contribution in [0.4, 0.5) is 11.6 Å². The number of ketones is 1. The molecular formula is C23H29N5O. The fourth-order valence-corrected chi connectivity index (χ4v) is 4.62. The van der Waals surface area contributed by atoms with Crippen LogP contribution in [-0.4, -0.2) is 59.4 Å². The average molecular weight is 392 g/mol. The molecule has 1 aromatic carbocycles. The van der Waals surface area contributed by atoms with Gasteiger partial charge in [-0.05, 0) is 44.0 Å².